The van der Waals surface area contributed by atoms with Crippen LogP contribution in [0.1, 0.15) is 19.3 Å². The maximum atomic E-state index is 11.1. The van der Waals surface area contributed by atoms with Crippen LogP contribution in [0.3, 0.4) is 0 Å². The fourth-order valence-corrected chi connectivity index (χ4v) is 1.28. The molecule has 0 radical (unpaired) electrons. The lowest BCUT2D eigenvalue weighted by molar-refractivity contribution is -0.122. The quantitative estimate of drug-likeness (QED) is 0.489. The number of rotatable bonds is 1. The summed E-state index contributed by atoms with van der Waals surface area (Å²) in [5, 5.41) is 5.05. The predicted octanol–water partition coefficient (Wildman–Crippen LogP) is -0.677. The second-order valence-corrected chi connectivity index (χ2v) is 2.86. The summed E-state index contributed by atoms with van der Waals surface area (Å²) in [5.41, 5.74) is 4.80. The molecule has 68 valence electrons. The van der Waals surface area contributed by atoms with Gasteiger partial charge in [0.25, 0.3) is 0 Å². The monoisotopic (exact) mass is 171 g/mol. The second-order valence-electron chi connectivity index (χ2n) is 2.86. The maximum absolute atomic E-state index is 11.1. The van der Waals surface area contributed by atoms with Gasteiger partial charge in [-0.2, -0.15) is 0 Å². The Balaban J connectivity index is 2.34. The molecule has 0 aromatic carbocycles. The molecule has 0 spiro atoms. The van der Waals surface area contributed by atoms with Crippen LogP contribution in [0, 0.1) is 0 Å². The van der Waals surface area contributed by atoms with E-state index in [1.807, 2.05) is 5.32 Å². The molecule has 0 saturated carbocycles. The molecule has 5 nitrogen and oxygen atoms in total. The van der Waals surface area contributed by atoms with Crippen molar-refractivity contribution in [2.45, 2.75) is 25.3 Å². The van der Waals surface area contributed by atoms with Crippen molar-refractivity contribution in [2.75, 3.05) is 6.54 Å². The molecule has 1 aliphatic heterocycles. The van der Waals surface area contributed by atoms with Crippen LogP contribution in [0.25, 0.3) is 0 Å². The van der Waals surface area contributed by atoms with Crippen LogP contribution in [0.5, 0.6) is 0 Å². The van der Waals surface area contributed by atoms with Crippen LogP contribution in [0.4, 0.5) is 4.79 Å². The van der Waals surface area contributed by atoms with Crippen molar-refractivity contribution in [3.8, 4) is 0 Å². The predicted molar refractivity (Wildman–Crippen MR) is 43.4 cm³/mol. The summed E-state index contributed by atoms with van der Waals surface area (Å²) in [4.78, 5) is 21.4. The van der Waals surface area contributed by atoms with Crippen molar-refractivity contribution >= 4 is 11.9 Å². The third kappa shape index (κ3) is 2.50. The van der Waals surface area contributed by atoms with Crippen molar-refractivity contribution in [3.05, 3.63) is 0 Å². The van der Waals surface area contributed by atoms with E-state index in [1.165, 1.54) is 0 Å². The van der Waals surface area contributed by atoms with E-state index in [0.29, 0.717) is 0 Å². The highest BCUT2D eigenvalue weighted by molar-refractivity contribution is 5.96. The van der Waals surface area contributed by atoms with E-state index < -0.39 is 6.03 Å². The van der Waals surface area contributed by atoms with E-state index in [0.717, 1.165) is 25.8 Å². The van der Waals surface area contributed by atoms with Gasteiger partial charge in [0.05, 0.1) is 6.04 Å². The standard InChI is InChI=1S/C7H13N3O2/c8-7(12)10-6(11)5-3-1-2-4-9-5/h5,9H,1-4H2,(H3,8,10,11,12)/t5-/m0/s1. The Morgan fingerprint density at radius 1 is 1.42 bits per heavy atom. The zero-order chi connectivity index (χ0) is 8.97. The highest BCUT2D eigenvalue weighted by Gasteiger charge is 2.20. The Morgan fingerprint density at radius 2 is 2.17 bits per heavy atom. The summed E-state index contributed by atoms with van der Waals surface area (Å²) >= 11 is 0. The third-order valence-corrected chi connectivity index (χ3v) is 1.87. The Morgan fingerprint density at radius 3 is 2.67 bits per heavy atom. The molecular weight excluding hydrogens is 158 g/mol. The van der Waals surface area contributed by atoms with Crippen molar-refractivity contribution in [2.24, 2.45) is 5.73 Å². The zero-order valence-corrected chi connectivity index (χ0v) is 6.80. The van der Waals surface area contributed by atoms with Crippen LogP contribution >= 0.6 is 0 Å². The van der Waals surface area contributed by atoms with E-state index in [1.54, 1.807) is 0 Å². The minimum Gasteiger partial charge on any atom is -0.351 e. The summed E-state index contributed by atoms with van der Waals surface area (Å²) in [5.74, 6) is -0.317. The minimum absolute atomic E-state index is 0.244. The lowest BCUT2D eigenvalue weighted by Gasteiger charge is -2.21. The Kier molecular flexibility index (Phi) is 3.04. The number of urea groups is 1. The van der Waals surface area contributed by atoms with Gasteiger partial charge < -0.3 is 11.1 Å². The molecule has 0 unspecified atom stereocenters. The summed E-state index contributed by atoms with van der Waals surface area (Å²) in [6.45, 7) is 0.830. The van der Waals surface area contributed by atoms with E-state index in [9.17, 15) is 9.59 Å². The lowest BCUT2D eigenvalue weighted by atomic mass is 10.0. The zero-order valence-electron chi connectivity index (χ0n) is 6.80. The van der Waals surface area contributed by atoms with Gasteiger partial charge in [0.15, 0.2) is 0 Å². The molecule has 0 aromatic rings. The van der Waals surface area contributed by atoms with Gasteiger partial charge in [0.1, 0.15) is 0 Å². The molecule has 5 heteroatoms. The van der Waals surface area contributed by atoms with Gasteiger partial charge in [-0.05, 0) is 19.4 Å². The van der Waals surface area contributed by atoms with Gasteiger partial charge in [0.2, 0.25) is 5.91 Å². The highest BCUT2D eigenvalue weighted by atomic mass is 16.2. The number of hydrogen-bond acceptors (Lipinski definition) is 3. The van der Waals surface area contributed by atoms with Crippen LogP contribution in [-0.4, -0.2) is 24.5 Å². The number of nitrogens with two attached hydrogens (primary N) is 1. The van der Waals surface area contributed by atoms with Crippen molar-refractivity contribution in [1.29, 1.82) is 0 Å². The first-order chi connectivity index (χ1) is 5.70. The smallest absolute Gasteiger partial charge is 0.318 e. The van der Waals surface area contributed by atoms with Crippen molar-refractivity contribution < 1.29 is 9.59 Å². The third-order valence-electron chi connectivity index (χ3n) is 1.87. The van der Waals surface area contributed by atoms with E-state index in [-0.39, 0.29) is 11.9 Å². The van der Waals surface area contributed by atoms with E-state index in [2.05, 4.69) is 5.32 Å². The van der Waals surface area contributed by atoms with E-state index >= 15 is 0 Å². The first kappa shape index (κ1) is 8.99. The second kappa shape index (κ2) is 4.06. The molecule has 0 aliphatic carbocycles. The summed E-state index contributed by atoms with van der Waals surface area (Å²) in [7, 11) is 0. The van der Waals surface area contributed by atoms with Gasteiger partial charge in [-0.3, -0.25) is 10.1 Å². The van der Waals surface area contributed by atoms with Gasteiger partial charge >= 0.3 is 6.03 Å². The minimum atomic E-state index is -0.785. The van der Waals surface area contributed by atoms with Crippen molar-refractivity contribution in [3.63, 3.8) is 0 Å². The molecule has 1 atom stereocenters. The molecule has 0 bridgehead atoms. The number of hydrogen-bond donors (Lipinski definition) is 3. The molecule has 3 amide bonds. The van der Waals surface area contributed by atoms with E-state index in [4.69, 9.17) is 5.73 Å². The molecular formula is C7H13N3O2. The number of piperidine rings is 1. The van der Waals surface area contributed by atoms with Gasteiger partial charge in [0, 0.05) is 0 Å². The molecule has 1 saturated heterocycles. The van der Waals surface area contributed by atoms with Crippen molar-refractivity contribution in [1.82, 2.24) is 10.6 Å². The number of nitrogens with one attached hydrogen (secondary N) is 2. The molecule has 4 N–H and O–H groups in total. The summed E-state index contributed by atoms with van der Waals surface area (Å²) in [6, 6.07) is -1.03. The topological polar surface area (TPSA) is 84.2 Å². The number of imide groups is 1. The number of carbonyl (C=O) groups excluding carboxylic acids is 2. The Hall–Kier alpha value is -1.10. The molecule has 1 aliphatic rings. The highest BCUT2D eigenvalue weighted by Crippen LogP contribution is 2.06. The van der Waals surface area contributed by atoms with Crippen LogP contribution in [0.15, 0.2) is 0 Å². The average molecular weight is 171 g/mol. The number of primary amides is 1. The number of amides is 3. The molecule has 12 heavy (non-hydrogen) atoms. The average Bonchev–Trinajstić information content (AvgIpc) is 2.05. The van der Waals surface area contributed by atoms with Gasteiger partial charge in [-0.25, -0.2) is 4.79 Å². The molecule has 1 fully saturated rings. The van der Waals surface area contributed by atoms with Crippen LogP contribution in [0.2, 0.25) is 0 Å². The maximum Gasteiger partial charge on any atom is 0.318 e. The summed E-state index contributed by atoms with van der Waals surface area (Å²) in [6.07, 6.45) is 2.88. The molecule has 1 rings (SSSR count). The fourth-order valence-electron chi connectivity index (χ4n) is 1.28. The Bertz CT molecular complexity index is 187. The lowest BCUT2D eigenvalue weighted by Crippen LogP contribution is -2.49. The fraction of sp³-hybridized carbons (Fsp3) is 0.714. The van der Waals surface area contributed by atoms with Gasteiger partial charge in [-0.1, -0.05) is 6.42 Å². The first-order valence-corrected chi connectivity index (χ1v) is 4.04. The normalized spacial score (nSPS) is 23.2. The van der Waals surface area contributed by atoms with Gasteiger partial charge in [-0.15, -0.1) is 0 Å². The van der Waals surface area contributed by atoms with Crippen LogP contribution < -0.4 is 16.4 Å². The Labute approximate surface area is 70.7 Å². The van der Waals surface area contributed by atoms with Crippen LogP contribution in [-0.2, 0) is 4.79 Å². The molecule has 1 heterocycles. The first-order valence-electron chi connectivity index (χ1n) is 4.04. The number of carbonyl (C=O) groups is 2. The molecule has 0 aromatic heterocycles. The summed E-state index contributed by atoms with van der Waals surface area (Å²) < 4.78 is 0. The largest absolute Gasteiger partial charge is 0.351 e. The SMILES string of the molecule is NC(=O)NC(=O)[C@@H]1CCCCN1.